The highest BCUT2D eigenvalue weighted by atomic mass is 32.2. The predicted molar refractivity (Wildman–Crippen MR) is 112 cm³/mol. The van der Waals surface area contributed by atoms with Crippen molar-refractivity contribution < 1.29 is 8.42 Å². The number of hydrogen-bond acceptors (Lipinski definition) is 2. The van der Waals surface area contributed by atoms with Crippen molar-refractivity contribution in [2.75, 3.05) is 0 Å². The molecule has 0 spiro atoms. The van der Waals surface area contributed by atoms with Crippen LogP contribution in [0.4, 0.5) is 0 Å². The third-order valence-corrected chi connectivity index (χ3v) is 11.6. The zero-order valence-electron chi connectivity index (χ0n) is 17.1. The van der Waals surface area contributed by atoms with Crippen molar-refractivity contribution in [2.24, 2.45) is 9.81 Å². The largest absolute Gasteiger partial charge is 0.282 e. The molecule has 0 heterocycles. The van der Waals surface area contributed by atoms with Crippen LogP contribution in [0.25, 0.3) is 0 Å². The molecule has 0 N–H and O–H groups in total. The summed E-state index contributed by atoms with van der Waals surface area (Å²) >= 11 is 0. The maximum atomic E-state index is 12.9. The van der Waals surface area contributed by atoms with Crippen LogP contribution in [0.1, 0.15) is 47.1 Å². The maximum absolute atomic E-state index is 12.9. The fourth-order valence-corrected chi connectivity index (χ4v) is 5.41. The third kappa shape index (κ3) is 5.92. The minimum absolute atomic E-state index is 0.00312. The Morgan fingerprint density at radius 1 is 1.00 bits per heavy atom. The Labute approximate surface area is 155 Å². The van der Waals surface area contributed by atoms with Gasteiger partial charge in [0.05, 0.1) is 4.90 Å². The lowest BCUT2D eigenvalue weighted by Crippen LogP contribution is -2.45. The van der Waals surface area contributed by atoms with Crippen molar-refractivity contribution in [3.63, 3.8) is 0 Å². The number of rotatable bonds is 4. The van der Waals surface area contributed by atoms with Crippen molar-refractivity contribution in [3.8, 4) is 0 Å². The van der Waals surface area contributed by atoms with Gasteiger partial charge in [-0.1, -0.05) is 78.4 Å². The molecule has 0 atom stereocenters. The molecule has 1 aromatic carbocycles. The average Bonchev–Trinajstić information content (AvgIpc) is 2.41. The van der Waals surface area contributed by atoms with Gasteiger partial charge in [-0.15, -0.1) is 0 Å². The molecule has 0 fully saturated rings. The smallest absolute Gasteiger partial charge is 0.199 e. The molecule has 0 aliphatic carbocycles. The lowest BCUT2D eigenvalue weighted by Gasteiger charge is -2.37. The number of aryl methyl sites for hydroxylation is 1. The molecule has 0 saturated carbocycles. The molecular formula is C20H33NO2SSi. The highest BCUT2D eigenvalue weighted by Gasteiger charge is 2.40. The molecule has 0 amide bonds. The highest BCUT2D eigenvalue weighted by Crippen LogP contribution is 2.38. The first kappa shape index (κ1) is 21.8. The summed E-state index contributed by atoms with van der Waals surface area (Å²) < 4.78 is 30.0. The SMILES string of the molecule is Cc1ccc(S(=O)(=O)/N=C(/C=C/C(C)(C)C)[Si](C)(C)C(C)(C)C)cc1. The summed E-state index contributed by atoms with van der Waals surface area (Å²) in [5, 5.41) is 0.715. The number of allylic oxidation sites excluding steroid dienone is 2. The Bertz CT molecular complexity index is 759. The van der Waals surface area contributed by atoms with Gasteiger partial charge >= 0.3 is 0 Å². The van der Waals surface area contributed by atoms with Crippen LogP contribution in [-0.4, -0.2) is 21.8 Å². The van der Waals surface area contributed by atoms with Crippen molar-refractivity contribution in [3.05, 3.63) is 42.0 Å². The lowest BCUT2D eigenvalue weighted by molar-refractivity contribution is 0.544. The average molecular weight is 380 g/mol. The first-order valence-electron chi connectivity index (χ1n) is 8.68. The molecule has 0 aromatic heterocycles. The van der Waals surface area contributed by atoms with Crippen LogP contribution in [0.2, 0.25) is 18.1 Å². The summed E-state index contributed by atoms with van der Waals surface area (Å²) in [6.07, 6.45) is 3.99. The lowest BCUT2D eigenvalue weighted by atomic mass is 9.96. The minimum Gasteiger partial charge on any atom is -0.199 e. The fraction of sp³-hybridized carbons (Fsp3) is 0.550. The molecule has 0 aliphatic heterocycles. The van der Waals surface area contributed by atoms with E-state index in [0.717, 1.165) is 10.9 Å². The number of benzene rings is 1. The summed E-state index contributed by atoms with van der Waals surface area (Å²) in [6, 6.07) is 6.87. The van der Waals surface area contributed by atoms with E-state index < -0.39 is 18.1 Å². The standard InChI is InChI=1S/C20H33NO2SSi/c1-16-10-12-17(13-11-16)24(22,23)21-18(14-15-19(2,3)4)25(8,9)20(5,6)7/h10-15H,1-9H3/b15-14+,21-18-. The molecule has 0 saturated heterocycles. The molecule has 1 aromatic rings. The van der Waals surface area contributed by atoms with E-state index in [-0.39, 0.29) is 15.3 Å². The Morgan fingerprint density at radius 2 is 1.48 bits per heavy atom. The highest BCUT2D eigenvalue weighted by molar-refractivity contribution is 7.90. The van der Waals surface area contributed by atoms with E-state index in [1.807, 2.05) is 13.0 Å². The van der Waals surface area contributed by atoms with Gasteiger partial charge in [-0.05, 0) is 35.6 Å². The first-order valence-corrected chi connectivity index (χ1v) is 13.1. The molecule has 25 heavy (non-hydrogen) atoms. The number of nitrogens with zero attached hydrogens (tertiary/aromatic N) is 1. The van der Waals surface area contributed by atoms with Gasteiger partial charge in [0.1, 0.15) is 8.07 Å². The minimum atomic E-state index is -3.72. The maximum Gasteiger partial charge on any atom is 0.282 e. The number of hydrogen-bond donors (Lipinski definition) is 0. The topological polar surface area (TPSA) is 46.5 Å². The summed E-state index contributed by atoms with van der Waals surface area (Å²) in [5.41, 5.74) is 0.997. The van der Waals surface area contributed by atoms with Gasteiger partial charge < -0.3 is 0 Å². The van der Waals surface area contributed by atoms with Gasteiger partial charge in [-0.3, -0.25) is 0 Å². The van der Waals surface area contributed by atoms with Gasteiger partial charge in [0.15, 0.2) is 0 Å². The Balaban J connectivity index is 3.53. The quantitative estimate of drug-likeness (QED) is 0.492. The van der Waals surface area contributed by atoms with Crippen LogP contribution in [0, 0.1) is 12.3 Å². The molecule has 0 radical (unpaired) electrons. The van der Waals surface area contributed by atoms with Crippen molar-refractivity contribution in [2.45, 2.75) is 71.5 Å². The van der Waals surface area contributed by atoms with Gasteiger partial charge in [-0.25, -0.2) is 0 Å². The van der Waals surface area contributed by atoms with Crippen LogP contribution in [0.15, 0.2) is 45.7 Å². The molecule has 0 bridgehead atoms. The van der Waals surface area contributed by atoms with Gasteiger partial charge in [-0.2, -0.15) is 12.8 Å². The van der Waals surface area contributed by atoms with Crippen LogP contribution in [0.3, 0.4) is 0 Å². The van der Waals surface area contributed by atoms with E-state index >= 15 is 0 Å². The third-order valence-electron chi connectivity index (χ3n) is 4.79. The van der Waals surface area contributed by atoms with Crippen LogP contribution in [0.5, 0.6) is 0 Å². The zero-order chi connectivity index (χ0) is 19.7. The van der Waals surface area contributed by atoms with Crippen molar-refractivity contribution in [1.82, 2.24) is 0 Å². The predicted octanol–water partition coefficient (Wildman–Crippen LogP) is 5.77. The van der Waals surface area contributed by atoms with E-state index in [1.54, 1.807) is 24.3 Å². The molecule has 0 aliphatic rings. The zero-order valence-corrected chi connectivity index (χ0v) is 19.0. The van der Waals surface area contributed by atoms with E-state index in [9.17, 15) is 8.42 Å². The van der Waals surface area contributed by atoms with Crippen molar-refractivity contribution in [1.29, 1.82) is 0 Å². The molecular weight excluding hydrogens is 346 g/mol. The summed E-state index contributed by atoms with van der Waals surface area (Å²) in [7, 11) is -5.82. The molecule has 140 valence electrons. The summed E-state index contributed by atoms with van der Waals surface area (Å²) in [4.78, 5) is 0.249. The second-order valence-corrected chi connectivity index (χ2v) is 16.2. The van der Waals surface area contributed by atoms with E-state index in [0.29, 0.717) is 0 Å². The van der Waals surface area contributed by atoms with Gasteiger partial charge in [0.25, 0.3) is 10.0 Å². The summed E-state index contributed by atoms with van der Waals surface area (Å²) in [5.74, 6) is 0. The number of sulfonamides is 1. The van der Waals surface area contributed by atoms with Gasteiger partial charge in [0, 0.05) is 5.33 Å². The Morgan fingerprint density at radius 3 is 1.88 bits per heavy atom. The molecule has 3 nitrogen and oxygen atoms in total. The molecule has 1 rings (SSSR count). The van der Waals surface area contributed by atoms with Gasteiger partial charge in [0.2, 0.25) is 0 Å². The van der Waals surface area contributed by atoms with Crippen molar-refractivity contribution >= 4 is 23.4 Å². The second kappa shape index (κ2) is 7.20. The normalized spacial score (nSPS) is 15.0. The first-order chi connectivity index (χ1) is 11.1. The fourth-order valence-electron chi connectivity index (χ4n) is 1.96. The van der Waals surface area contributed by atoms with E-state index in [4.69, 9.17) is 0 Å². The summed E-state index contributed by atoms with van der Waals surface area (Å²) in [6.45, 7) is 19.1. The Kier molecular flexibility index (Phi) is 6.29. The second-order valence-electron chi connectivity index (χ2n) is 9.34. The van der Waals surface area contributed by atoms with Crippen LogP contribution >= 0.6 is 0 Å². The van der Waals surface area contributed by atoms with E-state index in [1.165, 1.54) is 0 Å². The Hall–Kier alpha value is -1.20. The van der Waals surface area contributed by atoms with E-state index in [2.05, 4.69) is 65.1 Å². The monoisotopic (exact) mass is 379 g/mol. The molecule has 0 unspecified atom stereocenters. The molecule has 5 heteroatoms. The van der Waals surface area contributed by atoms with Crippen LogP contribution in [-0.2, 0) is 10.0 Å². The van der Waals surface area contributed by atoms with Crippen LogP contribution < -0.4 is 0 Å².